The van der Waals surface area contributed by atoms with Crippen LogP contribution in [0.25, 0.3) is 23.3 Å². The second-order valence-electron chi connectivity index (χ2n) is 8.90. The van der Waals surface area contributed by atoms with Gasteiger partial charge in [0.1, 0.15) is 0 Å². The summed E-state index contributed by atoms with van der Waals surface area (Å²) in [4.78, 5) is 30.5. The molecule has 4 rings (SSSR count). The van der Waals surface area contributed by atoms with Crippen molar-refractivity contribution in [2.75, 3.05) is 0 Å². The van der Waals surface area contributed by atoms with Gasteiger partial charge in [0.05, 0.1) is 11.4 Å². The summed E-state index contributed by atoms with van der Waals surface area (Å²) < 4.78 is 1.99. The van der Waals surface area contributed by atoms with Crippen LogP contribution in [0.4, 0.5) is 0 Å². The Morgan fingerprint density at radius 3 is 2.45 bits per heavy atom. The molecule has 0 aliphatic carbocycles. The van der Waals surface area contributed by atoms with Crippen molar-refractivity contribution in [1.82, 2.24) is 39.5 Å². The van der Waals surface area contributed by atoms with Gasteiger partial charge >= 0.3 is 0 Å². The molecule has 0 aromatic carbocycles. The third-order valence-corrected chi connectivity index (χ3v) is 5.14. The van der Waals surface area contributed by atoms with Gasteiger partial charge in [0.2, 0.25) is 0 Å². The molecule has 8 nitrogen and oxygen atoms in total. The lowest BCUT2D eigenvalue weighted by Crippen LogP contribution is -2.23. The van der Waals surface area contributed by atoms with Crippen LogP contribution in [0.2, 0.25) is 0 Å². The van der Waals surface area contributed by atoms with Crippen molar-refractivity contribution < 1.29 is 0 Å². The molecular weight excluding hydrogens is 388 g/mol. The van der Waals surface area contributed by atoms with E-state index in [4.69, 9.17) is 15.0 Å². The monoisotopic (exact) mass is 416 g/mol. The van der Waals surface area contributed by atoms with Crippen molar-refractivity contribution >= 4 is 0 Å². The third kappa shape index (κ3) is 4.68. The molecule has 0 bridgehead atoms. The number of hydrogen-bond donors (Lipinski definition) is 1. The molecule has 0 fully saturated rings. The quantitative estimate of drug-likeness (QED) is 0.492. The molecular formula is C23H28N8. The molecule has 0 aliphatic heterocycles. The highest BCUT2D eigenvalue weighted by Gasteiger charge is 2.26. The lowest BCUT2D eigenvalue weighted by molar-refractivity contribution is 0.499. The van der Waals surface area contributed by atoms with Gasteiger partial charge in [-0.05, 0) is 24.5 Å². The van der Waals surface area contributed by atoms with Gasteiger partial charge in [-0.2, -0.15) is 0 Å². The van der Waals surface area contributed by atoms with Crippen molar-refractivity contribution in [3.63, 3.8) is 0 Å². The van der Waals surface area contributed by atoms with Crippen molar-refractivity contribution in [3.05, 3.63) is 60.2 Å². The van der Waals surface area contributed by atoms with E-state index in [1.54, 1.807) is 18.6 Å². The Bertz CT molecular complexity index is 1160. The zero-order chi connectivity index (χ0) is 22.0. The molecule has 4 aromatic rings. The average Bonchev–Trinajstić information content (AvgIpc) is 3.37. The SMILES string of the molecule is CC(C)Cc1ccnc(-c2nc(CC(C)(C)c3ccnc(-c4ncc[nH]4)n3)cn2C)n1. The minimum absolute atomic E-state index is 0.240. The maximum Gasteiger partial charge on any atom is 0.196 e. The van der Waals surface area contributed by atoms with Crippen LogP contribution in [0.5, 0.6) is 0 Å². The number of imidazole rings is 2. The topological polar surface area (TPSA) is 98.1 Å². The van der Waals surface area contributed by atoms with E-state index in [1.165, 1.54) is 0 Å². The van der Waals surface area contributed by atoms with Crippen LogP contribution in [0.3, 0.4) is 0 Å². The fraction of sp³-hybridized carbons (Fsp3) is 0.391. The predicted octanol–water partition coefficient (Wildman–Crippen LogP) is 3.78. The molecule has 0 saturated heterocycles. The molecule has 0 radical (unpaired) electrons. The van der Waals surface area contributed by atoms with Crippen LogP contribution in [-0.2, 0) is 25.3 Å². The van der Waals surface area contributed by atoms with Crippen LogP contribution in [0.1, 0.15) is 44.8 Å². The van der Waals surface area contributed by atoms with Crippen LogP contribution < -0.4 is 0 Å². The van der Waals surface area contributed by atoms with Gasteiger partial charge in [-0.3, -0.25) is 0 Å². The fourth-order valence-corrected chi connectivity index (χ4v) is 3.64. The van der Waals surface area contributed by atoms with Gasteiger partial charge in [-0.25, -0.2) is 29.9 Å². The Balaban J connectivity index is 1.59. The number of nitrogens with one attached hydrogen (secondary N) is 1. The van der Waals surface area contributed by atoms with E-state index in [2.05, 4.69) is 47.6 Å². The minimum Gasteiger partial charge on any atom is -0.342 e. The number of aromatic amines is 1. The fourth-order valence-electron chi connectivity index (χ4n) is 3.64. The molecule has 4 aromatic heterocycles. The molecule has 0 saturated carbocycles. The largest absolute Gasteiger partial charge is 0.342 e. The molecule has 0 unspecified atom stereocenters. The summed E-state index contributed by atoms with van der Waals surface area (Å²) >= 11 is 0. The van der Waals surface area contributed by atoms with Crippen molar-refractivity contribution in [2.24, 2.45) is 13.0 Å². The Hall–Kier alpha value is -3.42. The summed E-state index contributed by atoms with van der Waals surface area (Å²) in [5.74, 6) is 3.23. The van der Waals surface area contributed by atoms with E-state index in [0.717, 1.165) is 35.7 Å². The highest BCUT2D eigenvalue weighted by atomic mass is 15.1. The first-order chi connectivity index (χ1) is 14.8. The number of hydrogen-bond acceptors (Lipinski definition) is 6. The van der Waals surface area contributed by atoms with Crippen LogP contribution >= 0.6 is 0 Å². The van der Waals surface area contributed by atoms with Crippen molar-refractivity contribution in [3.8, 4) is 23.3 Å². The number of H-pyrrole nitrogens is 1. The molecule has 0 spiro atoms. The first-order valence-electron chi connectivity index (χ1n) is 10.5. The summed E-state index contributed by atoms with van der Waals surface area (Å²) in [5.41, 5.74) is 2.71. The second kappa shape index (κ2) is 8.37. The molecule has 4 heterocycles. The van der Waals surface area contributed by atoms with E-state index in [9.17, 15) is 0 Å². The molecule has 31 heavy (non-hydrogen) atoms. The van der Waals surface area contributed by atoms with Gasteiger partial charge in [0, 0.05) is 55.6 Å². The maximum absolute atomic E-state index is 4.86. The van der Waals surface area contributed by atoms with E-state index in [-0.39, 0.29) is 5.41 Å². The van der Waals surface area contributed by atoms with Gasteiger partial charge in [-0.15, -0.1) is 0 Å². The summed E-state index contributed by atoms with van der Waals surface area (Å²) in [7, 11) is 1.98. The summed E-state index contributed by atoms with van der Waals surface area (Å²) in [6.07, 6.45) is 10.8. The lowest BCUT2D eigenvalue weighted by atomic mass is 9.84. The van der Waals surface area contributed by atoms with Crippen molar-refractivity contribution in [2.45, 2.75) is 46.0 Å². The highest BCUT2D eigenvalue weighted by Crippen LogP contribution is 2.27. The number of aryl methyl sites for hydroxylation is 1. The normalized spacial score (nSPS) is 11.9. The van der Waals surface area contributed by atoms with Crippen LogP contribution in [-0.4, -0.2) is 39.5 Å². The zero-order valence-corrected chi connectivity index (χ0v) is 18.7. The first kappa shape index (κ1) is 20.8. The van der Waals surface area contributed by atoms with Gasteiger partial charge < -0.3 is 9.55 Å². The molecule has 1 N–H and O–H groups in total. The van der Waals surface area contributed by atoms with E-state index >= 15 is 0 Å². The second-order valence-corrected chi connectivity index (χ2v) is 8.90. The Morgan fingerprint density at radius 1 is 0.935 bits per heavy atom. The average molecular weight is 417 g/mol. The van der Waals surface area contributed by atoms with Gasteiger partial charge in [0.15, 0.2) is 23.3 Å². The summed E-state index contributed by atoms with van der Waals surface area (Å²) in [6, 6.07) is 3.93. The number of rotatable bonds is 7. The molecule has 160 valence electrons. The maximum atomic E-state index is 4.86. The zero-order valence-electron chi connectivity index (χ0n) is 18.7. The molecule has 0 atom stereocenters. The van der Waals surface area contributed by atoms with E-state index in [1.807, 2.05) is 36.1 Å². The predicted molar refractivity (Wildman–Crippen MR) is 119 cm³/mol. The summed E-state index contributed by atoms with van der Waals surface area (Å²) in [6.45, 7) is 8.70. The molecule has 0 aliphatic rings. The van der Waals surface area contributed by atoms with E-state index in [0.29, 0.717) is 23.4 Å². The summed E-state index contributed by atoms with van der Waals surface area (Å²) in [5, 5.41) is 0. The minimum atomic E-state index is -0.240. The van der Waals surface area contributed by atoms with Crippen molar-refractivity contribution in [1.29, 1.82) is 0 Å². The van der Waals surface area contributed by atoms with E-state index < -0.39 is 0 Å². The number of nitrogens with zero attached hydrogens (tertiary/aromatic N) is 7. The van der Waals surface area contributed by atoms with Crippen LogP contribution in [0.15, 0.2) is 43.1 Å². The Labute approximate surface area is 182 Å². The van der Waals surface area contributed by atoms with Crippen LogP contribution in [0, 0.1) is 5.92 Å². The molecule has 8 heteroatoms. The van der Waals surface area contributed by atoms with Gasteiger partial charge in [-0.1, -0.05) is 27.7 Å². The Morgan fingerprint density at radius 2 is 1.71 bits per heavy atom. The standard InChI is InChI=1S/C23H28N8/c1-15(2)12-16-6-8-25-21(28-16)22-29-17(14-31(22)5)13-23(3,4)18-7-9-24-20(30-18)19-26-10-11-27-19/h6-11,14-15H,12-13H2,1-5H3,(H,26,27). The third-order valence-electron chi connectivity index (χ3n) is 5.14. The first-order valence-corrected chi connectivity index (χ1v) is 10.5. The smallest absolute Gasteiger partial charge is 0.196 e. The highest BCUT2D eigenvalue weighted by molar-refractivity contribution is 5.45. The van der Waals surface area contributed by atoms with Gasteiger partial charge in [0.25, 0.3) is 0 Å². The Kier molecular flexibility index (Phi) is 5.63. The molecule has 0 amide bonds. The number of aromatic nitrogens is 8. The lowest BCUT2D eigenvalue weighted by Gasteiger charge is -2.23.